The first-order chi connectivity index (χ1) is 8.18. The molecule has 3 heteroatoms. The standard InChI is InChI=1S/C14H19N3/c1-9-4-3-5-10(2)13(9)12-8-16-14(15)17(12)11-6-7-11/h3-5,11-12H,6-8H2,1-2H3,(H2,15,16). The lowest BCUT2D eigenvalue weighted by atomic mass is 9.95. The molecule has 0 aromatic heterocycles. The number of benzene rings is 1. The molecule has 0 radical (unpaired) electrons. The average molecular weight is 229 g/mol. The number of hydrogen-bond donors (Lipinski definition) is 1. The van der Waals surface area contributed by atoms with Crippen LogP contribution in [-0.2, 0) is 0 Å². The van der Waals surface area contributed by atoms with Crippen molar-refractivity contribution in [2.45, 2.75) is 38.8 Å². The van der Waals surface area contributed by atoms with Crippen molar-refractivity contribution >= 4 is 5.96 Å². The van der Waals surface area contributed by atoms with Crippen LogP contribution >= 0.6 is 0 Å². The largest absolute Gasteiger partial charge is 0.370 e. The Labute approximate surface area is 102 Å². The predicted molar refractivity (Wildman–Crippen MR) is 70.0 cm³/mol. The lowest BCUT2D eigenvalue weighted by Crippen LogP contribution is -2.38. The van der Waals surface area contributed by atoms with Gasteiger partial charge in [-0.1, -0.05) is 18.2 Å². The highest BCUT2D eigenvalue weighted by Crippen LogP contribution is 2.38. The Hall–Kier alpha value is -1.51. The lowest BCUT2D eigenvalue weighted by molar-refractivity contribution is 0.336. The van der Waals surface area contributed by atoms with Crippen molar-refractivity contribution in [3.63, 3.8) is 0 Å². The zero-order chi connectivity index (χ0) is 12.0. The van der Waals surface area contributed by atoms with Crippen LogP contribution in [0.4, 0.5) is 0 Å². The van der Waals surface area contributed by atoms with E-state index in [1.807, 2.05) is 0 Å². The summed E-state index contributed by atoms with van der Waals surface area (Å²) in [4.78, 5) is 6.77. The van der Waals surface area contributed by atoms with Gasteiger partial charge >= 0.3 is 0 Å². The fourth-order valence-electron chi connectivity index (χ4n) is 2.89. The van der Waals surface area contributed by atoms with Crippen LogP contribution in [0.3, 0.4) is 0 Å². The Kier molecular flexibility index (Phi) is 2.35. The van der Waals surface area contributed by atoms with Gasteiger partial charge in [-0.05, 0) is 43.4 Å². The van der Waals surface area contributed by atoms with E-state index in [-0.39, 0.29) is 0 Å². The van der Waals surface area contributed by atoms with Crippen molar-refractivity contribution in [3.8, 4) is 0 Å². The van der Waals surface area contributed by atoms with Crippen molar-refractivity contribution in [1.29, 1.82) is 0 Å². The summed E-state index contributed by atoms with van der Waals surface area (Å²) in [6, 6.07) is 7.48. The smallest absolute Gasteiger partial charge is 0.192 e. The maximum absolute atomic E-state index is 6.02. The summed E-state index contributed by atoms with van der Waals surface area (Å²) >= 11 is 0. The van der Waals surface area contributed by atoms with E-state index in [0.717, 1.165) is 12.5 Å². The predicted octanol–water partition coefficient (Wildman–Crippen LogP) is 2.14. The van der Waals surface area contributed by atoms with Crippen molar-refractivity contribution in [2.75, 3.05) is 6.54 Å². The zero-order valence-electron chi connectivity index (χ0n) is 10.5. The molecule has 1 atom stereocenters. The Balaban J connectivity index is 1.99. The summed E-state index contributed by atoms with van der Waals surface area (Å²) < 4.78 is 0. The van der Waals surface area contributed by atoms with Gasteiger partial charge in [-0.25, -0.2) is 0 Å². The van der Waals surface area contributed by atoms with Gasteiger partial charge in [-0.15, -0.1) is 0 Å². The van der Waals surface area contributed by atoms with Crippen molar-refractivity contribution in [1.82, 2.24) is 4.90 Å². The molecule has 1 heterocycles. The fraction of sp³-hybridized carbons (Fsp3) is 0.500. The zero-order valence-corrected chi connectivity index (χ0v) is 10.5. The van der Waals surface area contributed by atoms with Gasteiger partial charge in [0.2, 0.25) is 0 Å². The number of nitrogens with two attached hydrogens (primary N) is 1. The number of rotatable bonds is 2. The van der Waals surface area contributed by atoms with Crippen molar-refractivity contribution in [2.24, 2.45) is 10.7 Å². The molecule has 1 aromatic carbocycles. The molecule has 1 aromatic rings. The van der Waals surface area contributed by atoms with Crippen LogP contribution in [0.25, 0.3) is 0 Å². The second-order valence-electron chi connectivity index (χ2n) is 5.16. The molecule has 1 fully saturated rings. The van der Waals surface area contributed by atoms with Crippen molar-refractivity contribution in [3.05, 3.63) is 34.9 Å². The summed E-state index contributed by atoms with van der Waals surface area (Å²) in [5, 5.41) is 0. The molecule has 1 saturated carbocycles. The SMILES string of the molecule is Cc1cccc(C)c1C1CN=C(N)N1C1CC1. The number of hydrogen-bond acceptors (Lipinski definition) is 3. The van der Waals surface area contributed by atoms with Crippen LogP contribution < -0.4 is 5.73 Å². The molecule has 90 valence electrons. The Morgan fingerprint density at radius 2 is 1.88 bits per heavy atom. The van der Waals surface area contributed by atoms with E-state index in [4.69, 9.17) is 5.73 Å². The molecule has 0 bridgehead atoms. The van der Waals surface area contributed by atoms with Gasteiger partial charge in [-0.3, -0.25) is 4.99 Å². The molecule has 17 heavy (non-hydrogen) atoms. The summed E-state index contributed by atoms with van der Waals surface area (Å²) in [7, 11) is 0. The molecule has 2 aliphatic rings. The van der Waals surface area contributed by atoms with E-state index in [0.29, 0.717) is 12.1 Å². The maximum Gasteiger partial charge on any atom is 0.192 e. The Morgan fingerprint density at radius 1 is 1.24 bits per heavy atom. The monoisotopic (exact) mass is 229 g/mol. The lowest BCUT2D eigenvalue weighted by Gasteiger charge is -2.28. The molecular weight excluding hydrogens is 210 g/mol. The fourth-order valence-corrected chi connectivity index (χ4v) is 2.89. The molecule has 0 saturated heterocycles. The summed E-state index contributed by atoms with van der Waals surface area (Å²) in [5.41, 5.74) is 10.1. The van der Waals surface area contributed by atoms with E-state index in [1.165, 1.54) is 29.5 Å². The van der Waals surface area contributed by atoms with Crippen LogP contribution in [0.2, 0.25) is 0 Å². The van der Waals surface area contributed by atoms with Crippen LogP contribution in [0.5, 0.6) is 0 Å². The molecule has 1 unspecified atom stereocenters. The second kappa shape index (κ2) is 3.76. The highest BCUT2D eigenvalue weighted by molar-refractivity contribution is 5.81. The molecule has 1 aliphatic carbocycles. The van der Waals surface area contributed by atoms with Crippen molar-refractivity contribution < 1.29 is 0 Å². The molecule has 1 aliphatic heterocycles. The van der Waals surface area contributed by atoms with E-state index in [2.05, 4.69) is 41.9 Å². The summed E-state index contributed by atoms with van der Waals surface area (Å²) in [5.74, 6) is 0.736. The molecule has 3 rings (SSSR count). The van der Waals surface area contributed by atoms with Crippen LogP contribution in [0, 0.1) is 13.8 Å². The number of aryl methyl sites for hydroxylation is 2. The average Bonchev–Trinajstić information content (AvgIpc) is 3.04. The second-order valence-corrected chi connectivity index (χ2v) is 5.16. The minimum Gasteiger partial charge on any atom is -0.370 e. The topological polar surface area (TPSA) is 41.6 Å². The van der Waals surface area contributed by atoms with E-state index in [9.17, 15) is 0 Å². The minimum absolute atomic E-state index is 0.365. The molecule has 3 nitrogen and oxygen atoms in total. The van der Waals surface area contributed by atoms with Gasteiger partial charge in [0.1, 0.15) is 0 Å². The Bertz CT molecular complexity index is 454. The van der Waals surface area contributed by atoms with Crippen LogP contribution in [0.15, 0.2) is 23.2 Å². The maximum atomic E-state index is 6.02. The van der Waals surface area contributed by atoms with Gasteiger partial charge in [0.05, 0.1) is 12.6 Å². The first kappa shape index (κ1) is 10.6. The number of nitrogens with zero attached hydrogens (tertiary/aromatic N) is 2. The van der Waals surface area contributed by atoms with Gasteiger partial charge in [-0.2, -0.15) is 0 Å². The van der Waals surface area contributed by atoms with E-state index in [1.54, 1.807) is 0 Å². The molecule has 0 spiro atoms. The third-order valence-electron chi connectivity index (χ3n) is 3.84. The van der Waals surface area contributed by atoms with Crippen LogP contribution in [-0.4, -0.2) is 23.4 Å². The quantitative estimate of drug-likeness (QED) is 0.844. The highest BCUT2D eigenvalue weighted by Gasteiger charge is 2.39. The first-order valence-electron chi connectivity index (χ1n) is 6.33. The molecular formula is C14H19N3. The highest BCUT2D eigenvalue weighted by atomic mass is 15.4. The summed E-state index contributed by atoms with van der Waals surface area (Å²) in [6.07, 6.45) is 2.52. The molecule has 2 N–H and O–H groups in total. The Morgan fingerprint density at radius 3 is 2.47 bits per heavy atom. The third-order valence-corrected chi connectivity index (χ3v) is 3.84. The van der Waals surface area contributed by atoms with Gasteiger partial charge in [0.15, 0.2) is 5.96 Å². The number of guanidine groups is 1. The van der Waals surface area contributed by atoms with Gasteiger partial charge in [0.25, 0.3) is 0 Å². The number of aliphatic imine (C=N–C) groups is 1. The third kappa shape index (κ3) is 1.70. The van der Waals surface area contributed by atoms with E-state index >= 15 is 0 Å². The minimum atomic E-state index is 0.365. The first-order valence-corrected chi connectivity index (χ1v) is 6.33. The van der Waals surface area contributed by atoms with Gasteiger partial charge in [0, 0.05) is 6.04 Å². The van der Waals surface area contributed by atoms with Gasteiger partial charge < -0.3 is 10.6 Å². The van der Waals surface area contributed by atoms with Crippen LogP contribution in [0.1, 0.15) is 35.6 Å². The molecule has 0 amide bonds. The normalized spacial score (nSPS) is 24.0. The summed E-state index contributed by atoms with van der Waals surface area (Å²) in [6.45, 7) is 5.18. The van der Waals surface area contributed by atoms with E-state index < -0.39 is 0 Å².